The number of aryl methyl sites for hydroxylation is 1. The first kappa shape index (κ1) is 13.3. The van der Waals surface area contributed by atoms with Crippen molar-refractivity contribution in [1.29, 1.82) is 0 Å². The molecule has 4 rings (SSSR count). The van der Waals surface area contributed by atoms with Crippen LogP contribution in [0.3, 0.4) is 0 Å². The largest absolute Gasteiger partial charge is 0.332 e. The van der Waals surface area contributed by atoms with Gasteiger partial charge in [0.1, 0.15) is 0 Å². The summed E-state index contributed by atoms with van der Waals surface area (Å²) >= 11 is 0. The van der Waals surface area contributed by atoms with Crippen LogP contribution in [0.15, 0.2) is 24.5 Å². The van der Waals surface area contributed by atoms with E-state index in [2.05, 4.69) is 17.1 Å². The van der Waals surface area contributed by atoms with E-state index in [9.17, 15) is 4.79 Å². The Kier molecular flexibility index (Phi) is 3.24. The summed E-state index contributed by atoms with van der Waals surface area (Å²) < 4.78 is 1.88. The molecule has 3 aliphatic carbocycles. The van der Waals surface area contributed by atoms with Crippen LogP contribution in [-0.4, -0.2) is 15.3 Å². The summed E-state index contributed by atoms with van der Waals surface area (Å²) in [4.78, 5) is 17.4. The minimum atomic E-state index is 0.184. The SMILES string of the molecule is Cn1ccnc1C(=O)[C@@H]1[C@@H](C2CCCCC2)[C@@H]2C=C[C@H]1C2. The Hall–Kier alpha value is -1.38. The Bertz CT molecular complexity index is 568. The van der Waals surface area contributed by atoms with Crippen LogP contribution in [-0.2, 0) is 7.05 Å². The lowest BCUT2D eigenvalue weighted by atomic mass is 9.68. The number of hydrogen-bond acceptors (Lipinski definition) is 2. The van der Waals surface area contributed by atoms with Crippen molar-refractivity contribution < 1.29 is 4.79 Å². The van der Waals surface area contributed by atoms with Crippen LogP contribution in [0.5, 0.6) is 0 Å². The van der Waals surface area contributed by atoms with Crippen molar-refractivity contribution in [2.75, 3.05) is 0 Å². The summed E-state index contributed by atoms with van der Waals surface area (Å²) in [5.74, 6) is 3.57. The van der Waals surface area contributed by atoms with Gasteiger partial charge in [-0.3, -0.25) is 4.79 Å². The molecule has 3 nitrogen and oxygen atoms in total. The number of Topliss-reactive ketones (excluding diaryl/α,β-unsaturated/α-hetero) is 1. The van der Waals surface area contributed by atoms with Gasteiger partial charge in [-0.05, 0) is 30.1 Å². The highest BCUT2D eigenvalue weighted by atomic mass is 16.1. The van der Waals surface area contributed by atoms with Crippen molar-refractivity contribution in [1.82, 2.24) is 9.55 Å². The lowest BCUT2D eigenvalue weighted by Gasteiger charge is -2.36. The minimum Gasteiger partial charge on any atom is -0.332 e. The lowest BCUT2D eigenvalue weighted by Crippen LogP contribution is -2.34. The van der Waals surface area contributed by atoms with Gasteiger partial charge in [-0.15, -0.1) is 0 Å². The van der Waals surface area contributed by atoms with E-state index in [1.807, 2.05) is 17.8 Å². The minimum absolute atomic E-state index is 0.184. The van der Waals surface area contributed by atoms with E-state index in [0.29, 0.717) is 23.6 Å². The molecule has 0 radical (unpaired) electrons. The van der Waals surface area contributed by atoms with Crippen LogP contribution < -0.4 is 0 Å². The van der Waals surface area contributed by atoms with Gasteiger partial charge >= 0.3 is 0 Å². The number of aromatic nitrogens is 2. The Labute approximate surface area is 126 Å². The molecule has 0 spiro atoms. The van der Waals surface area contributed by atoms with Crippen LogP contribution in [0.4, 0.5) is 0 Å². The molecule has 3 heteroatoms. The highest BCUT2D eigenvalue weighted by Gasteiger charge is 2.51. The van der Waals surface area contributed by atoms with Crippen LogP contribution in [0.2, 0.25) is 0 Å². The number of nitrogens with zero attached hydrogens (tertiary/aromatic N) is 2. The molecule has 0 aliphatic heterocycles. The monoisotopic (exact) mass is 284 g/mol. The summed E-state index contributed by atoms with van der Waals surface area (Å²) in [6, 6.07) is 0. The fourth-order valence-corrected chi connectivity index (χ4v) is 5.14. The first-order chi connectivity index (χ1) is 10.3. The summed E-state index contributed by atoms with van der Waals surface area (Å²) in [5, 5.41) is 0. The number of hydrogen-bond donors (Lipinski definition) is 0. The maximum absolute atomic E-state index is 13.1. The summed E-state index contributed by atoms with van der Waals surface area (Å²) in [7, 11) is 1.93. The van der Waals surface area contributed by atoms with Crippen molar-refractivity contribution in [3.05, 3.63) is 30.4 Å². The number of fused-ring (bicyclic) bond motifs is 2. The number of allylic oxidation sites excluding steroid dienone is 2. The lowest BCUT2D eigenvalue weighted by molar-refractivity contribution is 0.0769. The molecule has 4 atom stereocenters. The van der Waals surface area contributed by atoms with E-state index >= 15 is 0 Å². The van der Waals surface area contributed by atoms with E-state index < -0.39 is 0 Å². The van der Waals surface area contributed by atoms with Gasteiger partial charge in [0.05, 0.1) is 0 Å². The van der Waals surface area contributed by atoms with Crippen LogP contribution in [0.25, 0.3) is 0 Å². The van der Waals surface area contributed by atoms with E-state index in [4.69, 9.17) is 0 Å². The van der Waals surface area contributed by atoms with Crippen molar-refractivity contribution >= 4 is 5.78 Å². The molecule has 0 aromatic carbocycles. The van der Waals surface area contributed by atoms with Gasteiger partial charge in [-0.1, -0.05) is 44.3 Å². The second-order valence-electron chi connectivity index (χ2n) is 7.18. The van der Waals surface area contributed by atoms with Crippen molar-refractivity contribution in [3.8, 4) is 0 Å². The van der Waals surface area contributed by atoms with Gasteiger partial charge in [0, 0.05) is 25.4 Å². The predicted octanol–water partition coefficient (Wildman–Crippen LogP) is 3.62. The third-order valence-corrected chi connectivity index (χ3v) is 6.06. The van der Waals surface area contributed by atoms with Gasteiger partial charge in [0.2, 0.25) is 5.78 Å². The van der Waals surface area contributed by atoms with Crippen LogP contribution in [0, 0.1) is 29.6 Å². The molecule has 0 saturated heterocycles. The predicted molar refractivity (Wildman–Crippen MR) is 81.8 cm³/mol. The molecular weight excluding hydrogens is 260 g/mol. The van der Waals surface area contributed by atoms with E-state index in [1.165, 1.54) is 38.5 Å². The second-order valence-corrected chi connectivity index (χ2v) is 7.18. The molecule has 2 saturated carbocycles. The molecule has 1 aromatic rings. The zero-order valence-corrected chi connectivity index (χ0v) is 12.7. The first-order valence-corrected chi connectivity index (χ1v) is 8.45. The molecule has 112 valence electrons. The zero-order chi connectivity index (χ0) is 14.4. The number of carbonyl (C=O) groups is 1. The highest BCUT2D eigenvalue weighted by Crippen LogP contribution is 2.54. The van der Waals surface area contributed by atoms with Gasteiger partial charge in [-0.25, -0.2) is 4.98 Å². The van der Waals surface area contributed by atoms with E-state index in [1.54, 1.807) is 6.20 Å². The summed E-state index contributed by atoms with van der Waals surface area (Å²) in [6.07, 6.45) is 16.3. The van der Waals surface area contributed by atoms with Crippen molar-refractivity contribution in [2.45, 2.75) is 38.5 Å². The fourth-order valence-electron chi connectivity index (χ4n) is 5.14. The Morgan fingerprint density at radius 2 is 1.95 bits per heavy atom. The topological polar surface area (TPSA) is 34.9 Å². The zero-order valence-electron chi connectivity index (χ0n) is 12.7. The molecular formula is C18H24N2O. The van der Waals surface area contributed by atoms with Crippen LogP contribution in [0.1, 0.15) is 49.1 Å². The Balaban J connectivity index is 1.64. The molecule has 2 fully saturated rings. The second kappa shape index (κ2) is 5.11. The number of imidazole rings is 1. The number of carbonyl (C=O) groups excluding carboxylic acids is 1. The maximum atomic E-state index is 13.1. The van der Waals surface area contributed by atoms with Gasteiger partial charge < -0.3 is 4.57 Å². The van der Waals surface area contributed by atoms with Crippen molar-refractivity contribution in [3.63, 3.8) is 0 Å². The molecule has 1 heterocycles. The molecule has 3 aliphatic rings. The molecule has 2 bridgehead atoms. The average Bonchev–Trinajstić information content (AvgIpc) is 3.22. The van der Waals surface area contributed by atoms with Gasteiger partial charge in [-0.2, -0.15) is 0 Å². The third-order valence-electron chi connectivity index (χ3n) is 6.06. The first-order valence-electron chi connectivity index (χ1n) is 8.45. The number of ketones is 1. The molecule has 0 amide bonds. The molecule has 21 heavy (non-hydrogen) atoms. The quantitative estimate of drug-likeness (QED) is 0.627. The highest BCUT2D eigenvalue weighted by molar-refractivity contribution is 5.95. The Morgan fingerprint density at radius 1 is 1.19 bits per heavy atom. The van der Waals surface area contributed by atoms with Gasteiger partial charge in [0.15, 0.2) is 5.82 Å². The standard InChI is InChI=1S/C18H24N2O/c1-20-10-9-19-18(20)17(21)16-14-8-7-13(11-14)15(16)12-5-3-2-4-6-12/h7-10,12-16H,2-6,11H2,1H3/t13-,14+,15+,16+/m1/s1. The fraction of sp³-hybridized carbons (Fsp3) is 0.667. The molecule has 0 unspecified atom stereocenters. The van der Waals surface area contributed by atoms with E-state index in [0.717, 1.165) is 5.92 Å². The average molecular weight is 284 g/mol. The summed E-state index contributed by atoms with van der Waals surface area (Å²) in [6.45, 7) is 0. The van der Waals surface area contributed by atoms with Crippen LogP contribution >= 0.6 is 0 Å². The maximum Gasteiger partial charge on any atom is 0.202 e. The molecule has 0 N–H and O–H groups in total. The smallest absolute Gasteiger partial charge is 0.202 e. The number of rotatable bonds is 3. The Morgan fingerprint density at radius 3 is 2.67 bits per heavy atom. The van der Waals surface area contributed by atoms with Crippen molar-refractivity contribution in [2.24, 2.45) is 36.6 Å². The van der Waals surface area contributed by atoms with Gasteiger partial charge in [0.25, 0.3) is 0 Å². The molecule has 1 aromatic heterocycles. The third kappa shape index (κ3) is 2.09. The normalized spacial score (nSPS) is 35.5. The van der Waals surface area contributed by atoms with E-state index in [-0.39, 0.29) is 11.7 Å². The summed E-state index contributed by atoms with van der Waals surface area (Å²) in [5.41, 5.74) is 0.